The minimum absolute atomic E-state index is 0.00424. The summed E-state index contributed by atoms with van der Waals surface area (Å²) in [4.78, 5) is 13.0. The Morgan fingerprint density at radius 3 is 1.56 bits per heavy atom. The molecule has 8 N–H and O–H groups in total. The first-order valence-corrected chi connectivity index (χ1v) is 15.3. The van der Waals surface area contributed by atoms with Crippen molar-refractivity contribution >= 4 is 5.97 Å². The third-order valence-corrected chi connectivity index (χ3v) is 7.23. The summed E-state index contributed by atoms with van der Waals surface area (Å²) >= 11 is 0. The number of rotatable bonds is 3. The lowest BCUT2D eigenvalue weighted by Gasteiger charge is -2.27. The molecule has 0 unspecified atom stereocenters. The van der Waals surface area contributed by atoms with Gasteiger partial charge in [-0.2, -0.15) is 0 Å². The van der Waals surface area contributed by atoms with Gasteiger partial charge in [0.2, 0.25) is 0 Å². The van der Waals surface area contributed by atoms with E-state index in [1.807, 2.05) is 13.8 Å². The Kier molecular flexibility index (Phi) is 19.5. The second-order valence-corrected chi connectivity index (χ2v) is 12.0. The van der Waals surface area contributed by atoms with Crippen LogP contribution in [0.15, 0.2) is 60.8 Å². The fraction of sp³-hybridized carbons (Fsp3) is 0.667. The molecule has 0 saturated carbocycles. The van der Waals surface area contributed by atoms with Gasteiger partial charge in [0.25, 0.3) is 0 Å². The molecule has 0 aromatic heterocycles. The fourth-order valence-electron chi connectivity index (χ4n) is 4.77. The summed E-state index contributed by atoms with van der Waals surface area (Å²) in [6, 6.07) is 0. The molecule has 10 atom stereocenters. The standard InChI is InChI=1S/C33H54O10/c1-22(2)14-15-30-32(41)21-29(39)20-28(38)19-27(37)18-26(36)17-25(35)16-24(34)12-10-8-6-4-5-7-9-11-13-31(40)23(3)43-33(30)42/h4-13,22-32,34-41H,14-21H2,1-3H3/b5-4+,8-6+,9-7+,12-10+,13-11+/t23-,24-,25+,26+,27+,28+,29+,30-,31+,32+/m1/s1. The monoisotopic (exact) mass is 610 g/mol. The predicted molar refractivity (Wildman–Crippen MR) is 165 cm³/mol. The summed E-state index contributed by atoms with van der Waals surface area (Å²) in [5, 5.41) is 83.1. The molecule has 0 saturated heterocycles. The third kappa shape index (κ3) is 18.3. The van der Waals surface area contributed by atoms with Gasteiger partial charge >= 0.3 is 5.97 Å². The van der Waals surface area contributed by atoms with Crippen molar-refractivity contribution in [2.75, 3.05) is 0 Å². The summed E-state index contributed by atoms with van der Waals surface area (Å²) in [6.07, 6.45) is 7.09. The Morgan fingerprint density at radius 2 is 1.07 bits per heavy atom. The molecule has 0 amide bonds. The molecular formula is C33H54O10. The van der Waals surface area contributed by atoms with Crippen LogP contribution in [0.1, 0.15) is 72.1 Å². The summed E-state index contributed by atoms with van der Waals surface area (Å²) in [5.74, 6) is -1.38. The van der Waals surface area contributed by atoms with Gasteiger partial charge in [-0.3, -0.25) is 4.79 Å². The first-order chi connectivity index (χ1) is 20.3. The average molecular weight is 611 g/mol. The van der Waals surface area contributed by atoms with E-state index in [1.165, 1.54) is 12.2 Å². The molecule has 246 valence electrons. The van der Waals surface area contributed by atoms with E-state index in [0.717, 1.165) is 0 Å². The Balaban J connectivity index is 3.04. The highest BCUT2D eigenvalue weighted by molar-refractivity contribution is 5.73. The number of hydrogen-bond acceptors (Lipinski definition) is 10. The van der Waals surface area contributed by atoms with Crippen LogP contribution in [0.4, 0.5) is 0 Å². The van der Waals surface area contributed by atoms with Crippen LogP contribution in [0.3, 0.4) is 0 Å². The lowest BCUT2D eigenvalue weighted by molar-refractivity contribution is -0.162. The predicted octanol–water partition coefficient (Wildman–Crippen LogP) is 1.99. The second-order valence-electron chi connectivity index (χ2n) is 12.0. The number of esters is 1. The van der Waals surface area contributed by atoms with E-state index >= 15 is 0 Å². The molecule has 1 aliphatic rings. The molecule has 1 heterocycles. The van der Waals surface area contributed by atoms with Gasteiger partial charge < -0.3 is 45.6 Å². The maximum atomic E-state index is 13.0. The number of aliphatic hydroxyl groups excluding tert-OH is 8. The van der Waals surface area contributed by atoms with E-state index in [1.54, 1.807) is 55.5 Å². The van der Waals surface area contributed by atoms with Crippen molar-refractivity contribution in [3.8, 4) is 0 Å². The zero-order valence-corrected chi connectivity index (χ0v) is 25.7. The highest BCUT2D eigenvalue weighted by Crippen LogP contribution is 2.24. The van der Waals surface area contributed by atoms with E-state index in [-0.39, 0.29) is 44.4 Å². The Labute approximate surface area is 256 Å². The molecule has 10 nitrogen and oxygen atoms in total. The second kappa shape index (κ2) is 21.5. The van der Waals surface area contributed by atoms with Gasteiger partial charge in [-0.25, -0.2) is 0 Å². The van der Waals surface area contributed by atoms with Crippen molar-refractivity contribution in [3.63, 3.8) is 0 Å². The molecule has 43 heavy (non-hydrogen) atoms. The van der Waals surface area contributed by atoms with Gasteiger partial charge in [0.1, 0.15) is 12.2 Å². The van der Waals surface area contributed by atoms with Crippen molar-refractivity contribution < 1.29 is 50.4 Å². The smallest absolute Gasteiger partial charge is 0.311 e. The lowest BCUT2D eigenvalue weighted by Crippen LogP contribution is -2.37. The summed E-state index contributed by atoms with van der Waals surface area (Å²) in [6.45, 7) is 5.51. The quantitative estimate of drug-likeness (QED) is 0.220. The fourth-order valence-corrected chi connectivity index (χ4v) is 4.77. The molecule has 1 aliphatic heterocycles. The Bertz CT molecular complexity index is 911. The maximum Gasteiger partial charge on any atom is 0.311 e. The zero-order valence-electron chi connectivity index (χ0n) is 25.7. The van der Waals surface area contributed by atoms with Gasteiger partial charge in [0, 0.05) is 12.8 Å². The van der Waals surface area contributed by atoms with E-state index in [4.69, 9.17) is 4.74 Å². The average Bonchev–Trinajstić information content (AvgIpc) is 2.88. The zero-order chi connectivity index (χ0) is 32.4. The number of carbonyl (C=O) groups excluding carboxylic acids is 1. The van der Waals surface area contributed by atoms with Crippen molar-refractivity contribution in [3.05, 3.63) is 60.8 Å². The molecule has 1 rings (SSSR count). The molecular weight excluding hydrogens is 556 g/mol. The van der Waals surface area contributed by atoms with Crippen LogP contribution in [0.5, 0.6) is 0 Å². The summed E-state index contributed by atoms with van der Waals surface area (Å²) < 4.78 is 5.48. The molecule has 0 aromatic carbocycles. The van der Waals surface area contributed by atoms with Crippen molar-refractivity contribution in [1.82, 2.24) is 0 Å². The molecule has 0 spiro atoms. The highest BCUT2D eigenvalue weighted by Gasteiger charge is 2.32. The van der Waals surface area contributed by atoms with Crippen LogP contribution in [0.2, 0.25) is 0 Å². The number of carbonyl (C=O) groups is 1. The van der Waals surface area contributed by atoms with Crippen molar-refractivity contribution in [2.24, 2.45) is 11.8 Å². The first kappa shape index (κ1) is 38.9. The van der Waals surface area contributed by atoms with Crippen LogP contribution in [-0.2, 0) is 9.53 Å². The third-order valence-electron chi connectivity index (χ3n) is 7.23. The number of hydrogen-bond donors (Lipinski definition) is 8. The van der Waals surface area contributed by atoms with E-state index < -0.39 is 66.8 Å². The maximum absolute atomic E-state index is 13.0. The van der Waals surface area contributed by atoms with Crippen LogP contribution >= 0.6 is 0 Å². The molecule has 0 fully saturated rings. The molecule has 0 aliphatic carbocycles. The van der Waals surface area contributed by atoms with Crippen molar-refractivity contribution in [1.29, 1.82) is 0 Å². The van der Waals surface area contributed by atoms with Crippen molar-refractivity contribution in [2.45, 2.75) is 127 Å². The van der Waals surface area contributed by atoms with Crippen LogP contribution in [-0.4, -0.2) is 102 Å². The van der Waals surface area contributed by atoms with E-state index in [2.05, 4.69) is 0 Å². The van der Waals surface area contributed by atoms with Crippen LogP contribution < -0.4 is 0 Å². The minimum Gasteiger partial charge on any atom is -0.459 e. The molecule has 10 heteroatoms. The highest BCUT2D eigenvalue weighted by atomic mass is 16.6. The summed E-state index contributed by atoms with van der Waals surface area (Å²) in [7, 11) is 0. The topological polar surface area (TPSA) is 188 Å². The van der Waals surface area contributed by atoms with Gasteiger partial charge in [-0.15, -0.1) is 0 Å². The minimum atomic E-state index is -1.26. The first-order valence-electron chi connectivity index (χ1n) is 15.3. The van der Waals surface area contributed by atoms with Crippen LogP contribution in [0, 0.1) is 11.8 Å². The SMILES string of the molecule is CC(C)CC[C@H]1C(=O)O[C@H](C)[C@@H](O)/C=C/C=C/C=C/C=C/C=C/[C@@H](O)C[C@H](O)C[C@H](O)C[C@H](O)C[C@H](O)C[C@H](O)C[C@@H]1O. The lowest BCUT2D eigenvalue weighted by atomic mass is 9.89. The number of cyclic esters (lactones) is 1. The normalized spacial score (nSPS) is 39.1. The van der Waals surface area contributed by atoms with Gasteiger partial charge in [0.05, 0.1) is 48.6 Å². The van der Waals surface area contributed by atoms with Gasteiger partial charge in [-0.05, 0) is 44.9 Å². The molecule has 0 radical (unpaired) electrons. The number of ether oxygens (including phenoxy) is 1. The molecule has 0 bridgehead atoms. The van der Waals surface area contributed by atoms with Crippen LogP contribution in [0.25, 0.3) is 0 Å². The Hall–Kier alpha value is -2.15. The van der Waals surface area contributed by atoms with Gasteiger partial charge in [0.15, 0.2) is 0 Å². The van der Waals surface area contributed by atoms with E-state index in [9.17, 15) is 45.6 Å². The Morgan fingerprint density at radius 1 is 0.651 bits per heavy atom. The number of allylic oxidation sites excluding steroid dienone is 8. The number of aliphatic hydroxyl groups is 8. The molecule has 0 aromatic rings. The summed E-state index contributed by atoms with van der Waals surface area (Å²) in [5.41, 5.74) is 0. The van der Waals surface area contributed by atoms with E-state index in [0.29, 0.717) is 12.8 Å². The van der Waals surface area contributed by atoms with Gasteiger partial charge in [-0.1, -0.05) is 81.0 Å². The largest absolute Gasteiger partial charge is 0.459 e.